The maximum atomic E-state index is 12.0. The molecule has 23 heavy (non-hydrogen) atoms. The number of ether oxygens (including phenoxy) is 2. The minimum absolute atomic E-state index is 0.520. The average Bonchev–Trinajstić information content (AvgIpc) is 2.72. The van der Waals surface area contributed by atoms with Gasteiger partial charge in [0.15, 0.2) is 6.04 Å². The fraction of sp³-hybridized carbons (Fsp3) is 0.438. The van der Waals surface area contributed by atoms with Gasteiger partial charge < -0.3 is 14.8 Å². The third-order valence-electron chi connectivity index (χ3n) is 3.16. The number of anilines is 1. The van der Waals surface area contributed by atoms with Crippen LogP contribution >= 0.6 is 0 Å². The molecule has 1 N–H and O–H groups in total. The van der Waals surface area contributed by atoms with Crippen molar-refractivity contribution in [2.24, 2.45) is 0 Å². The van der Waals surface area contributed by atoms with Crippen molar-refractivity contribution in [1.82, 2.24) is 5.32 Å². The van der Waals surface area contributed by atoms with E-state index in [2.05, 4.69) is 5.32 Å². The van der Waals surface area contributed by atoms with Crippen molar-refractivity contribution >= 4 is 23.8 Å². The highest BCUT2D eigenvalue weighted by molar-refractivity contribution is 6.07. The number of amides is 2. The number of alkyl carbamates (subject to hydrolysis) is 1. The Hall–Kier alpha value is -2.57. The van der Waals surface area contributed by atoms with Crippen LogP contribution in [0.4, 0.5) is 15.3 Å². The minimum Gasteiger partial charge on any atom is -0.444 e. The van der Waals surface area contributed by atoms with Crippen LogP contribution in [0.5, 0.6) is 0 Å². The number of para-hydroxylation sites is 1. The fourth-order valence-corrected chi connectivity index (χ4v) is 2.27. The van der Waals surface area contributed by atoms with Crippen LogP contribution < -0.4 is 10.2 Å². The molecule has 1 heterocycles. The summed E-state index contributed by atoms with van der Waals surface area (Å²) in [6.45, 7) is 6.83. The zero-order valence-corrected chi connectivity index (χ0v) is 13.5. The molecule has 124 valence electrons. The first-order valence-corrected chi connectivity index (χ1v) is 7.28. The van der Waals surface area contributed by atoms with E-state index in [1.54, 1.807) is 58.0 Å². The van der Waals surface area contributed by atoms with Crippen molar-refractivity contribution in [3.8, 4) is 0 Å². The van der Waals surface area contributed by atoms with E-state index < -0.39 is 35.8 Å². The molecule has 2 rings (SSSR count). The van der Waals surface area contributed by atoms with Crippen LogP contribution in [0.3, 0.4) is 0 Å². The lowest BCUT2D eigenvalue weighted by Crippen LogP contribution is -2.52. The van der Waals surface area contributed by atoms with Crippen molar-refractivity contribution in [2.75, 3.05) is 4.90 Å². The van der Waals surface area contributed by atoms with E-state index in [1.165, 1.54) is 4.90 Å². The number of hydrogen-bond donors (Lipinski definition) is 1. The Morgan fingerprint density at radius 2 is 1.87 bits per heavy atom. The molecule has 7 nitrogen and oxygen atoms in total. The first kappa shape index (κ1) is 16.8. The minimum atomic E-state index is -0.947. The summed E-state index contributed by atoms with van der Waals surface area (Å²) >= 11 is 0. The first-order chi connectivity index (χ1) is 10.7. The van der Waals surface area contributed by atoms with Crippen LogP contribution in [0.2, 0.25) is 0 Å². The lowest BCUT2D eigenvalue weighted by atomic mass is 10.1. The molecule has 1 saturated heterocycles. The molecule has 0 bridgehead atoms. The molecule has 2 amide bonds. The second-order valence-corrected chi connectivity index (χ2v) is 6.27. The monoisotopic (exact) mass is 320 g/mol. The molecule has 0 unspecified atom stereocenters. The zero-order valence-electron chi connectivity index (χ0n) is 13.5. The smallest absolute Gasteiger partial charge is 0.422 e. The summed E-state index contributed by atoms with van der Waals surface area (Å²) in [5.74, 6) is -0.706. The molecule has 0 saturated carbocycles. The molecule has 2 atom stereocenters. The van der Waals surface area contributed by atoms with E-state index >= 15 is 0 Å². The van der Waals surface area contributed by atoms with Gasteiger partial charge >= 0.3 is 18.2 Å². The van der Waals surface area contributed by atoms with Gasteiger partial charge in [0.2, 0.25) is 0 Å². The van der Waals surface area contributed by atoms with Crippen LogP contribution in [0.25, 0.3) is 0 Å². The quantitative estimate of drug-likeness (QED) is 0.683. The summed E-state index contributed by atoms with van der Waals surface area (Å²) in [6, 6.07) is 7.04. The first-order valence-electron chi connectivity index (χ1n) is 7.28. The van der Waals surface area contributed by atoms with E-state index in [0.717, 1.165) is 0 Å². The summed E-state index contributed by atoms with van der Waals surface area (Å²) in [4.78, 5) is 37.0. The van der Waals surface area contributed by atoms with Crippen molar-refractivity contribution < 1.29 is 23.9 Å². The molecule has 0 radical (unpaired) electrons. The molecule has 1 fully saturated rings. The van der Waals surface area contributed by atoms with Gasteiger partial charge in [0.25, 0.3) is 0 Å². The third kappa shape index (κ3) is 4.00. The lowest BCUT2D eigenvalue weighted by Gasteiger charge is -2.27. The average molecular weight is 320 g/mol. The summed E-state index contributed by atoms with van der Waals surface area (Å²) in [6.07, 6.45) is -1.42. The highest BCUT2D eigenvalue weighted by Gasteiger charge is 2.46. The van der Waals surface area contributed by atoms with Crippen molar-refractivity contribution in [1.29, 1.82) is 0 Å². The number of nitrogens with zero attached hydrogens (tertiary/aromatic N) is 1. The van der Waals surface area contributed by atoms with Gasteiger partial charge in [-0.25, -0.2) is 14.4 Å². The van der Waals surface area contributed by atoms with Gasteiger partial charge in [-0.15, -0.1) is 0 Å². The molecule has 0 aliphatic carbocycles. The summed E-state index contributed by atoms with van der Waals surface area (Å²) < 4.78 is 9.87. The molecule has 1 aromatic rings. The highest BCUT2D eigenvalue weighted by atomic mass is 16.6. The number of hydrogen-bond acceptors (Lipinski definition) is 5. The summed E-state index contributed by atoms with van der Waals surface area (Å²) in [5.41, 5.74) is -0.138. The third-order valence-corrected chi connectivity index (χ3v) is 3.16. The van der Waals surface area contributed by atoms with E-state index in [1.807, 2.05) is 0 Å². The van der Waals surface area contributed by atoms with Gasteiger partial charge in [-0.2, -0.15) is 0 Å². The number of esters is 1. The topological polar surface area (TPSA) is 84.9 Å². The Morgan fingerprint density at radius 1 is 1.26 bits per heavy atom. The van der Waals surface area contributed by atoms with Gasteiger partial charge in [-0.3, -0.25) is 4.90 Å². The standard InChI is InChI=1S/C16H20N2O5/c1-10(17-14(20)23-16(2,3)4)12-13(19)22-15(21)18(12)11-8-6-5-7-9-11/h5-10,12H,1-4H3,(H,17,20)/t10-,12+/m0/s1. The molecule has 0 aromatic heterocycles. The molecule has 0 spiro atoms. The highest BCUT2D eigenvalue weighted by Crippen LogP contribution is 2.25. The largest absolute Gasteiger partial charge is 0.444 e. The van der Waals surface area contributed by atoms with Crippen molar-refractivity contribution in [3.63, 3.8) is 0 Å². The normalized spacial score (nSPS) is 19.3. The molecule has 1 aliphatic rings. The maximum Gasteiger partial charge on any atom is 0.422 e. The van der Waals surface area contributed by atoms with E-state index in [0.29, 0.717) is 5.69 Å². The number of carbonyl (C=O) groups excluding carboxylic acids is 3. The van der Waals surface area contributed by atoms with Crippen molar-refractivity contribution in [3.05, 3.63) is 30.3 Å². The van der Waals surface area contributed by atoms with Crippen LogP contribution in [0, 0.1) is 0 Å². The Morgan fingerprint density at radius 3 is 2.43 bits per heavy atom. The molecular formula is C16H20N2O5. The van der Waals surface area contributed by atoms with E-state index in [9.17, 15) is 14.4 Å². The van der Waals surface area contributed by atoms with Gasteiger partial charge in [-0.1, -0.05) is 18.2 Å². The predicted molar refractivity (Wildman–Crippen MR) is 83.0 cm³/mol. The van der Waals surface area contributed by atoms with Gasteiger partial charge in [-0.05, 0) is 39.8 Å². The number of benzene rings is 1. The Labute approximate surface area is 134 Å². The SMILES string of the molecule is C[C@H](NC(=O)OC(C)(C)C)[C@@H]1C(=O)OC(=O)N1c1ccccc1. The van der Waals surface area contributed by atoms with Gasteiger partial charge in [0.1, 0.15) is 5.60 Å². The van der Waals surface area contributed by atoms with Gasteiger partial charge in [0.05, 0.1) is 6.04 Å². The second kappa shape index (κ2) is 6.28. The summed E-state index contributed by atoms with van der Waals surface area (Å²) in [7, 11) is 0. The fourth-order valence-electron chi connectivity index (χ4n) is 2.27. The zero-order chi connectivity index (χ0) is 17.2. The lowest BCUT2D eigenvalue weighted by molar-refractivity contribution is -0.135. The number of cyclic esters (lactones) is 2. The molecule has 1 aromatic carbocycles. The van der Waals surface area contributed by atoms with Crippen LogP contribution in [-0.2, 0) is 14.3 Å². The molecule has 7 heteroatoms. The molecular weight excluding hydrogens is 300 g/mol. The second-order valence-electron chi connectivity index (χ2n) is 6.27. The summed E-state index contributed by atoms with van der Waals surface area (Å²) in [5, 5.41) is 2.57. The van der Waals surface area contributed by atoms with E-state index in [-0.39, 0.29) is 0 Å². The predicted octanol–water partition coefficient (Wildman–Crippen LogP) is 2.45. The van der Waals surface area contributed by atoms with E-state index in [4.69, 9.17) is 9.47 Å². The Balaban J connectivity index is 2.16. The van der Waals surface area contributed by atoms with Gasteiger partial charge in [0, 0.05) is 5.69 Å². The Kier molecular flexibility index (Phi) is 4.58. The maximum absolute atomic E-state index is 12.0. The van der Waals surface area contributed by atoms with Crippen LogP contribution in [0.15, 0.2) is 30.3 Å². The Bertz CT molecular complexity index is 609. The van der Waals surface area contributed by atoms with Crippen molar-refractivity contribution in [2.45, 2.75) is 45.4 Å². The van der Waals surface area contributed by atoms with Crippen LogP contribution in [0.1, 0.15) is 27.7 Å². The number of rotatable bonds is 3. The number of nitrogens with one attached hydrogen (secondary N) is 1. The van der Waals surface area contributed by atoms with Crippen LogP contribution in [-0.4, -0.2) is 35.8 Å². The molecule has 1 aliphatic heterocycles. The number of carbonyl (C=O) groups is 3.